The van der Waals surface area contributed by atoms with Crippen molar-refractivity contribution in [3.63, 3.8) is 0 Å². The number of carbonyl (C=O) groups excluding carboxylic acids is 2. The highest BCUT2D eigenvalue weighted by Gasteiger charge is 2.35. The number of amides is 2. The number of hydrogen-bond acceptors (Lipinski definition) is 7. The van der Waals surface area contributed by atoms with E-state index in [1.54, 1.807) is 20.8 Å². The van der Waals surface area contributed by atoms with E-state index in [1.165, 1.54) is 20.8 Å². The molecule has 1 atom stereocenters. The van der Waals surface area contributed by atoms with Gasteiger partial charge in [0, 0.05) is 6.54 Å². The number of ether oxygens (including phenoxy) is 1. The molecule has 1 aliphatic carbocycles. The molecule has 0 spiro atoms. The minimum Gasteiger partial charge on any atom is -0.444 e. The average Bonchev–Trinajstić information content (AvgIpc) is 2.85. The van der Waals surface area contributed by atoms with Crippen LogP contribution in [0.25, 0.3) is 0 Å². The van der Waals surface area contributed by atoms with Crippen LogP contribution in [-0.4, -0.2) is 49.3 Å². The molecule has 1 saturated carbocycles. The van der Waals surface area contributed by atoms with Gasteiger partial charge < -0.3 is 19.9 Å². The Morgan fingerprint density at radius 1 is 1.16 bits per heavy atom. The molecule has 0 unspecified atom stereocenters. The van der Waals surface area contributed by atoms with E-state index in [2.05, 4.69) is 20.5 Å². The van der Waals surface area contributed by atoms with Crippen molar-refractivity contribution in [1.82, 2.24) is 20.5 Å². The number of sulfonamides is 1. The monoisotopic (exact) mass is 472 g/mol. The molecule has 0 aliphatic heterocycles. The van der Waals surface area contributed by atoms with Gasteiger partial charge in [0.05, 0.1) is 11.6 Å². The quantitative estimate of drug-likeness (QED) is 0.518. The zero-order valence-corrected chi connectivity index (χ0v) is 20.6. The van der Waals surface area contributed by atoms with Crippen LogP contribution in [0.2, 0.25) is 0 Å². The molecular formula is C21H36N4O6S. The summed E-state index contributed by atoms with van der Waals surface area (Å²) in [5, 5.41) is 9.44. The summed E-state index contributed by atoms with van der Waals surface area (Å²) >= 11 is 0. The normalized spacial score (nSPS) is 17.8. The zero-order chi connectivity index (χ0) is 24.2. The van der Waals surface area contributed by atoms with Gasteiger partial charge in [0.1, 0.15) is 16.2 Å². The first-order valence-corrected chi connectivity index (χ1v) is 12.5. The minimum atomic E-state index is -3.98. The van der Waals surface area contributed by atoms with E-state index in [-0.39, 0.29) is 22.9 Å². The summed E-state index contributed by atoms with van der Waals surface area (Å²) in [5.74, 6) is -0.337. The van der Waals surface area contributed by atoms with Crippen LogP contribution in [0.4, 0.5) is 4.79 Å². The van der Waals surface area contributed by atoms with Crippen molar-refractivity contribution in [1.29, 1.82) is 0 Å². The molecule has 2 amide bonds. The fraction of sp³-hybridized carbons (Fsp3) is 0.762. The van der Waals surface area contributed by atoms with Crippen LogP contribution in [0.3, 0.4) is 0 Å². The molecular weight excluding hydrogens is 436 g/mol. The van der Waals surface area contributed by atoms with Crippen LogP contribution < -0.4 is 15.4 Å². The molecule has 11 heteroatoms. The smallest absolute Gasteiger partial charge is 0.408 e. The third-order valence-corrected chi connectivity index (χ3v) is 7.17. The maximum Gasteiger partial charge on any atom is 0.408 e. The first kappa shape index (κ1) is 26.1. The predicted octanol–water partition coefficient (Wildman–Crippen LogP) is 2.69. The summed E-state index contributed by atoms with van der Waals surface area (Å²) in [6, 6.07) is -1.03. The number of carbonyl (C=O) groups is 2. The highest BCUT2D eigenvalue weighted by Crippen LogP contribution is 2.27. The molecule has 1 aliphatic rings. The van der Waals surface area contributed by atoms with E-state index in [4.69, 9.17) is 9.26 Å². The number of nitrogens with one attached hydrogen (secondary N) is 3. The molecule has 182 valence electrons. The van der Waals surface area contributed by atoms with E-state index >= 15 is 0 Å². The molecule has 2 rings (SSSR count). The number of hydrogen-bond donors (Lipinski definition) is 3. The second-order valence-electron chi connectivity index (χ2n) is 9.54. The molecule has 1 heterocycles. The Labute approximate surface area is 190 Å². The molecule has 3 N–H and O–H groups in total. The Balaban J connectivity index is 2.06. The SMILES string of the molecule is Cc1noc(C)c1S(=O)(=O)N[C@H](C)C(=O)NCC1(NC(=O)OC(C)(C)C)CCCCCC1. The van der Waals surface area contributed by atoms with E-state index in [0.717, 1.165) is 25.7 Å². The lowest BCUT2D eigenvalue weighted by atomic mass is 9.90. The zero-order valence-electron chi connectivity index (χ0n) is 19.8. The molecule has 0 bridgehead atoms. The van der Waals surface area contributed by atoms with Gasteiger partial charge in [-0.15, -0.1) is 0 Å². The lowest BCUT2D eigenvalue weighted by Crippen LogP contribution is -2.58. The molecule has 1 aromatic heterocycles. The van der Waals surface area contributed by atoms with Gasteiger partial charge in [-0.3, -0.25) is 4.79 Å². The van der Waals surface area contributed by atoms with Crippen molar-refractivity contribution in [2.24, 2.45) is 0 Å². The van der Waals surface area contributed by atoms with E-state index in [0.29, 0.717) is 12.8 Å². The Morgan fingerprint density at radius 3 is 2.25 bits per heavy atom. The number of aryl methyl sites for hydroxylation is 2. The number of aromatic nitrogens is 1. The molecule has 10 nitrogen and oxygen atoms in total. The maximum absolute atomic E-state index is 12.7. The standard InChI is InChI=1S/C21H36N4O6S/c1-14-17(16(3)31-24-14)32(28,29)25-15(2)18(26)22-13-21(11-9-7-8-10-12-21)23-19(27)30-20(4,5)6/h15,25H,7-13H2,1-6H3,(H,22,26)(H,23,27)/t15-/m1/s1. The second kappa shape index (κ2) is 10.2. The Kier molecular flexibility index (Phi) is 8.33. The first-order chi connectivity index (χ1) is 14.7. The Morgan fingerprint density at radius 2 is 1.75 bits per heavy atom. The van der Waals surface area contributed by atoms with Gasteiger partial charge in [0.15, 0.2) is 5.76 Å². The van der Waals surface area contributed by atoms with Gasteiger partial charge in [-0.05, 0) is 54.4 Å². The van der Waals surface area contributed by atoms with E-state index in [9.17, 15) is 18.0 Å². The maximum atomic E-state index is 12.7. The van der Waals surface area contributed by atoms with Crippen molar-refractivity contribution in [2.45, 2.75) is 102 Å². The molecule has 0 saturated heterocycles. The van der Waals surface area contributed by atoms with E-state index in [1.807, 2.05) is 0 Å². The summed E-state index contributed by atoms with van der Waals surface area (Å²) in [6.07, 6.45) is 4.82. The van der Waals surface area contributed by atoms with Crippen LogP contribution in [0.5, 0.6) is 0 Å². The van der Waals surface area contributed by atoms with Gasteiger partial charge in [0.2, 0.25) is 15.9 Å². The van der Waals surface area contributed by atoms with Crippen LogP contribution in [-0.2, 0) is 19.6 Å². The van der Waals surface area contributed by atoms with Crippen LogP contribution in [0, 0.1) is 13.8 Å². The highest BCUT2D eigenvalue weighted by atomic mass is 32.2. The fourth-order valence-electron chi connectivity index (χ4n) is 3.88. The summed E-state index contributed by atoms with van der Waals surface area (Å²) in [4.78, 5) is 25.1. The fourth-order valence-corrected chi connectivity index (χ4v) is 5.42. The van der Waals surface area contributed by atoms with Crippen molar-refractivity contribution >= 4 is 22.0 Å². The van der Waals surface area contributed by atoms with E-state index < -0.39 is 39.2 Å². The number of alkyl carbamates (subject to hydrolysis) is 1. The van der Waals surface area contributed by atoms with Crippen LogP contribution >= 0.6 is 0 Å². The molecule has 0 radical (unpaired) electrons. The third kappa shape index (κ3) is 7.19. The first-order valence-electron chi connectivity index (χ1n) is 11.0. The lowest BCUT2D eigenvalue weighted by molar-refractivity contribution is -0.122. The topological polar surface area (TPSA) is 140 Å². The summed E-state index contributed by atoms with van der Waals surface area (Å²) in [7, 11) is -3.98. The Bertz CT molecular complexity index is 892. The largest absolute Gasteiger partial charge is 0.444 e. The Hall–Kier alpha value is -2.14. The van der Waals surface area contributed by atoms with Crippen LogP contribution in [0.15, 0.2) is 9.42 Å². The van der Waals surface area contributed by atoms with Gasteiger partial charge in [0.25, 0.3) is 0 Å². The van der Waals surface area contributed by atoms with Gasteiger partial charge in [-0.1, -0.05) is 30.8 Å². The minimum absolute atomic E-state index is 0.0658. The number of rotatable bonds is 7. The second-order valence-corrected chi connectivity index (χ2v) is 11.2. The summed E-state index contributed by atoms with van der Waals surface area (Å²) in [6.45, 7) is 10.0. The molecule has 1 fully saturated rings. The lowest BCUT2D eigenvalue weighted by Gasteiger charge is -2.35. The van der Waals surface area contributed by atoms with Crippen molar-refractivity contribution in [3.05, 3.63) is 11.5 Å². The van der Waals surface area contributed by atoms with Gasteiger partial charge in [-0.2, -0.15) is 4.72 Å². The third-order valence-electron chi connectivity index (χ3n) is 5.39. The average molecular weight is 473 g/mol. The van der Waals surface area contributed by atoms with Crippen molar-refractivity contribution in [3.8, 4) is 0 Å². The van der Waals surface area contributed by atoms with Crippen LogP contribution in [0.1, 0.15) is 77.7 Å². The van der Waals surface area contributed by atoms with Crippen molar-refractivity contribution < 1.29 is 27.3 Å². The predicted molar refractivity (Wildman–Crippen MR) is 119 cm³/mol. The summed E-state index contributed by atoms with van der Waals surface area (Å²) < 4.78 is 38.1. The summed E-state index contributed by atoms with van der Waals surface area (Å²) in [5.41, 5.74) is -1.06. The van der Waals surface area contributed by atoms with Gasteiger partial charge >= 0.3 is 6.09 Å². The van der Waals surface area contributed by atoms with Gasteiger partial charge in [-0.25, -0.2) is 13.2 Å². The van der Waals surface area contributed by atoms with Crippen molar-refractivity contribution in [2.75, 3.05) is 6.54 Å². The number of nitrogens with zero attached hydrogens (tertiary/aromatic N) is 1. The molecule has 1 aromatic rings. The molecule has 32 heavy (non-hydrogen) atoms. The molecule has 0 aromatic carbocycles. The highest BCUT2D eigenvalue weighted by molar-refractivity contribution is 7.89.